The Bertz CT molecular complexity index is 679. The fourth-order valence-corrected chi connectivity index (χ4v) is 5.40. The molecule has 3 unspecified atom stereocenters. The number of piperidine rings is 1. The average Bonchev–Trinajstić information content (AvgIpc) is 2.69. The van der Waals surface area contributed by atoms with Gasteiger partial charge < -0.3 is 19.5 Å². The topological polar surface area (TPSA) is 67.7 Å². The zero-order chi connectivity index (χ0) is 18.9. The van der Waals surface area contributed by atoms with E-state index >= 15 is 0 Å². The molecular formula is C21H31N3O3. The standard InChI is InChI=1S/C21H31N3O3/c1-26-19-18(11-22-20(23-19)27-2)21(25)16-9-6-10-17(21)14-24(13-16)12-15-7-4-3-5-8-15/h3-4,11,15-17,25H,5-10,12-14H2,1-2H3. The second-order valence-electron chi connectivity index (χ2n) is 8.30. The van der Waals surface area contributed by atoms with Crippen LogP contribution in [0.25, 0.3) is 0 Å². The van der Waals surface area contributed by atoms with Crippen molar-refractivity contribution in [2.24, 2.45) is 17.8 Å². The van der Waals surface area contributed by atoms with Crippen LogP contribution in [0.15, 0.2) is 18.3 Å². The van der Waals surface area contributed by atoms with Crippen LogP contribution in [0.3, 0.4) is 0 Å². The normalized spacial score (nSPS) is 33.7. The first-order valence-electron chi connectivity index (χ1n) is 10.2. The SMILES string of the molecule is COc1ncc(C2(O)C3CCCC2CN(CC2CC=CCC2)C3)c(OC)n1. The molecule has 27 heavy (non-hydrogen) atoms. The minimum absolute atomic E-state index is 0.190. The summed E-state index contributed by atoms with van der Waals surface area (Å²) in [6, 6.07) is 0.271. The number of hydrogen-bond donors (Lipinski definition) is 1. The molecule has 1 aromatic rings. The Balaban J connectivity index is 1.58. The Labute approximate surface area is 161 Å². The highest BCUT2D eigenvalue weighted by Crippen LogP contribution is 2.51. The molecule has 3 aliphatic rings. The van der Waals surface area contributed by atoms with Crippen molar-refractivity contribution >= 4 is 0 Å². The number of ether oxygens (including phenoxy) is 2. The van der Waals surface area contributed by atoms with Gasteiger partial charge in [-0.25, -0.2) is 4.98 Å². The summed E-state index contributed by atoms with van der Waals surface area (Å²) >= 11 is 0. The maximum Gasteiger partial charge on any atom is 0.319 e. The van der Waals surface area contributed by atoms with Gasteiger partial charge in [-0.15, -0.1) is 0 Å². The fraction of sp³-hybridized carbons (Fsp3) is 0.714. The lowest BCUT2D eigenvalue weighted by molar-refractivity contribution is -0.150. The second-order valence-corrected chi connectivity index (χ2v) is 8.30. The third-order valence-electron chi connectivity index (χ3n) is 6.74. The van der Waals surface area contributed by atoms with E-state index in [0.29, 0.717) is 5.88 Å². The molecular weight excluding hydrogens is 342 g/mol. The van der Waals surface area contributed by atoms with Crippen molar-refractivity contribution in [3.63, 3.8) is 0 Å². The van der Waals surface area contributed by atoms with Gasteiger partial charge in [0.15, 0.2) is 0 Å². The predicted molar refractivity (Wildman–Crippen MR) is 103 cm³/mol. The molecule has 3 atom stereocenters. The molecule has 1 saturated carbocycles. The van der Waals surface area contributed by atoms with Crippen LogP contribution in [-0.2, 0) is 5.60 Å². The first kappa shape index (κ1) is 18.7. The van der Waals surface area contributed by atoms with E-state index in [1.165, 1.54) is 32.8 Å². The van der Waals surface area contributed by atoms with Gasteiger partial charge in [0, 0.05) is 37.7 Å². The highest BCUT2D eigenvalue weighted by Gasteiger charge is 2.53. The summed E-state index contributed by atoms with van der Waals surface area (Å²) in [7, 11) is 3.13. The quantitative estimate of drug-likeness (QED) is 0.801. The predicted octanol–water partition coefficient (Wildman–Crippen LogP) is 2.77. The Kier molecular flexibility index (Phi) is 5.37. The number of hydrogen-bond acceptors (Lipinski definition) is 6. The maximum absolute atomic E-state index is 11.9. The van der Waals surface area contributed by atoms with Crippen LogP contribution in [-0.4, -0.2) is 53.8 Å². The summed E-state index contributed by atoms with van der Waals surface area (Å²) in [5.41, 5.74) is -0.195. The minimum Gasteiger partial charge on any atom is -0.481 e. The van der Waals surface area contributed by atoms with E-state index < -0.39 is 5.60 Å². The molecule has 6 heteroatoms. The molecule has 6 nitrogen and oxygen atoms in total. The van der Waals surface area contributed by atoms with Crippen molar-refractivity contribution in [1.82, 2.24) is 14.9 Å². The molecule has 0 amide bonds. The van der Waals surface area contributed by atoms with Crippen LogP contribution in [0.4, 0.5) is 0 Å². The second kappa shape index (κ2) is 7.76. The molecule has 0 radical (unpaired) electrons. The summed E-state index contributed by atoms with van der Waals surface area (Å²) in [6.45, 7) is 3.01. The van der Waals surface area contributed by atoms with Crippen molar-refractivity contribution in [3.05, 3.63) is 23.9 Å². The van der Waals surface area contributed by atoms with Crippen molar-refractivity contribution < 1.29 is 14.6 Å². The zero-order valence-electron chi connectivity index (χ0n) is 16.4. The number of rotatable bonds is 5. The number of aromatic nitrogens is 2. The van der Waals surface area contributed by atoms with Gasteiger partial charge >= 0.3 is 6.01 Å². The molecule has 1 aliphatic heterocycles. The molecule has 4 rings (SSSR count). The Hall–Kier alpha value is -1.66. The van der Waals surface area contributed by atoms with E-state index in [0.717, 1.165) is 44.0 Å². The van der Waals surface area contributed by atoms with Gasteiger partial charge in [-0.05, 0) is 38.0 Å². The van der Waals surface area contributed by atoms with Crippen LogP contribution in [0.2, 0.25) is 0 Å². The van der Waals surface area contributed by atoms with Crippen LogP contribution in [0, 0.1) is 17.8 Å². The summed E-state index contributed by atoms with van der Waals surface area (Å²) < 4.78 is 10.6. The van der Waals surface area contributed by atoms with Gasteiger partial charge in [-0.1, -0.05) is 18.6 Å². The van der Waals surface area contributed by atoms with E-state index in [9.17, 15) is 5.11 Å². The van der Waals surface area contributed by atoms with Crippen LogP contribution >= 0.6 is 0 Å². The molecule has 2 heterocycles. The lowest BCUT2D eigenvalue weighted by Gasteiger charge is -2.53. The number of allylic oxidation sites excluding steroid dienone is 2. The minimum atomic E-state index is -0.918. The highest BCUT2D eigenvalue weighted by atomic mass is 16.5. The van der Waals surface area contributed by atoms with Gasteiger partial charge in [0.1, 0.15) is 5.60 Å². The fourth-order valence-electron chi connectivity index (χ4n) is 5.40. The molecule has 1 N–H and O–H groups in total. The number of aliphatic hydroxyl groups is 1. The van der Waals surface area contributed by atoms with Gasteiger partial charge in [0.25, 0.3) is 0 Å². The molecule has 0 spiro atoms. The molecule has 2 fully saturated rings. The van der Waals surface area contributed by atoms with E-state index in [1.807, 2.05) is 0 Å². The summed E-state index contributed by atoms with van der Waals surface area (Å²) in [5.74, 6) is 1.57. The average molecular weight is 373 g/mol. The third kappa shape index (κ3) is 3.45. The van der Waals surface area contributed by atoms with E-state index in [4.69, 9.17) is 9.47 Å². The molecule has 1 aromatic heterocycles. The smallest absolute Gasteiger partial charge is 0.319 e. The Morgan fingerprint density at radius 3 is 2.56 bits per heavy atom. The zero-order valence-corrected chi connectivity index (χ0v) is 16.4. The molecule has 1 saturated heterocycles. The largest absolute Gasteiger partial charge is 0.481 e. The molecule has 0 aromatic carbocycles. The number of likely N-dealkylation sites (tertiary alicyclic amines) is 1. The first-order valence-corrected chi connectivity index (χ1v) is 10.2. The summed E-state index contributed by atoms with van der Waals surface area (Å²) in [4.78, 5) is 11.2. The first-order chi connectivity index (χ1) is 13.1. The lowest BCUT2D eigenvalue weighted by Crippen LogP contribution is -2.58. The van der Waals surface area contributed by atoms with Gasteiger partial charge in [0.2, 0.25) is 5.88 Å². The van der Waals surface area contributed by atoms with Crippen molar-refractivity contribution in [2.45, 2.75) is 44.1 Å². The third-order valence-corrected chi connectivity index (χ3v) is 6.74. The van der Waals surface area contributed by atoms with Crippen molar-refractivity contribution in [1.29, 1.82) is 0 Å². The van der Waals surface area contributed by atoms with Crippen molar-refractivity contribution in [3.8, 4) is 11.9 Å². The summed E-state index contributed by atoms with van der Waals surface area (Å²) in [5, 5.41) is 11.9. The van der Waals surface area contributed by atoms with Crippen molar-refractivity contribution in [2.75, 3.05) is 33.9 Å². The maximum atomic E-state index is 11.9. The highest BCUT2D eigenvalue weighted by molar-refractivity contribution is 5.34. The van der Waals surface area contributed by atoms with E-state index in [2.05, 4.69) is 27.0 Å². The van der Waals surface area contributed by atoms with Crippen LogP contribution in [0.5, 0.6) is 11.9 Å². The Morgan fingerprint density at radius 2 is 1.93 bits per heavy atom. The van der Waals surface area contributed by atoms with E-state index in [-0.39, 0.29) is 17.8 Å². The molecule has 2 bridgehead atoms. The molecule has 148 valence electrons. The number of methoxy groups -OCH3 is 2. The number of fused-ring (bicyclic) bond motifs is 2. The van der Waals surface area contributed by atoms with Gasteiger partial charge in [-0.2, -0.15) is 4.98 Å². The van der Waals surface area contributed by atoms with Crippen LogP contribution in [0.1, 0.15) is 44.1 Å². The Morgan fingerprint density at radius 1 is 1.15 bits per heavy atom. The van der Waals surface area contributed by atoms with E-state index in [1.54, 1.807) is 13.3 Å². The monoisotopic (exact) mass is 373 g/mol. The van der Waals surface area contributed by atoms with Gasteiger partial charge in [-0.3, -0.25) is 0 Å². The summed E-state index contributed by atoms with van der Waals surface area (Å²) in [6.07, 6.45) is 13.3. The van der Waals surface area contributed by atoms with Crippen LogP contribution < -0.4 is 9.47 Å². The molecule has 2 aliphatic carbocycles. The lowest BCUT2D eigenvalue weighted by atomic mass is 9.63. The van der Waals surface area contributed by atoms with Gasteiger partial charge in [0.05, 0.1) is 19.8 Å². The number of nitrogens with zero attached hydrogens (tertiary/aromatic N) is 3.